The smallest absolute Gasteiger partial charge is 0.204 e. The topological polar surface area (TPSA) is 26.3 Å². The van der Waals surface area contributed by atoms with E-state index in [9.17, 15) is 4.79 Å². The molecule has 1 aromatic rings. The van der Waals surface area contributed by atoms with Crippen molar-refractivity contribution in [3.63, 3.8) is 0 Å². The van der Waals surface area contributed by atoms with E-state index in [1.807, 2.05) is 24.3 Å². The first kappa shape index (κ1) is 8.72. The zero-order valence-corrected chi connectivity index (χ0v) is 8.40. The first-order valence-corrected chi connectivity index (χ1v) is 5.31. The van der Waals surface area contributed by atoms with E-state index in [0.717, 1.165) is 12.8 Å². The van der Waals surface area contributed by atoms with Gasteiger partial charge in [0.25, 0.3) is 0 Å². The van der Waals surface area contributed by atoms with Gasteiger partial charge in [-0.3, -0.25) is 4.79 Å². The van der Waals surface area contributed by atoms with Gasteiger partial charge < -0.3 is 4.74 Å². The van der Waals surface area contributed by atoms with Crippen LogP contribution < -0.4 is 0 Å². The summed E-state index contributed by atoms with van der Waals surface area (Å²) >= 11 is 0. The molecule has 1 heterocycles. The molecule has 0 radical (unpaired) electrons. The third-order valence-electron chi connectivity index (χ3n) is 3.12. The Bertz CT molecular complexity index is 446. The van der Waals surface area contributed by atoms with Crippen molar-refractivity contribution in [3.8, 4) is 0 Å². The van der Waals surface area contributed by atoms with Crippen molar-refractivity contribution in [2.75, 3.05) is 6.61 Å². The van der Waals surface area contributed by atoms with E-state index in [2.05, 4.69) is 6.07 Å². The number of carbonyl (C=O) groups is 1. The number of hydrogen-bond donors (Lipinski definition) is 0. The van der Waals surface area contributed by atoms with E-state index in [-0.39, 0.29) is 11.7 Å². The van der Waals surface area contributed by atoms with Crippen LogP contribution in [-0.2, 0) is 16.0 Å². The Kier molecular flexibility index (Phi) is 1.88. The average Bonchev–Trinajstić information content (AvgIpc) is 2.72. The summed E-state index contributed by atoms with van der Waals surface area (Å²) < 4.78 is 5.30. The largest absolute Gasteiger partial charge is 0.490 e. The number of Topliss-reactive ketones (excluding diaryl/α,β-unsaturated/α-hetero) is 1. The highest BCUT2D eigenvalue weighted by Crippen LogP contribution is 2.37. The Morgan fingerprint density at radius 3 is 2.93 bits per heavy atom. The molecule has 1 atom stereocenters. The Morgan fingerprint density at radius 1 is 1.33 bits per heavy atom. The van der Waals surface area contributed by atoms with Crippen LogP contribution in [0.4, 0.5) is 0 Å². The second-order valence-corrected chi connectivity index (χ2v) is 4.03. The van der Waals surface area contributed by atoms with Crippen LogP contribution in [0.5, 0.6) is 0 Å². The number of ether oxygens (including phenoxy) is 1. The third kappa shape index (κ3) is 1.29. The van der Waals surface area contributed by atoms with E-state index in [1.165, 1.54) is 11.1 Å². The summed E-state index contributed by atoms with van der Waals surface area (Å²) in [6.07, 6.45) is 3.65. The van der Waals surface area contributed by atoms with Gasteiger partial charge in [-0.05, 0) is 23.6 Å². The van der Waals surface area contributed by atoms with Crippen molar-refractivity contribution >= 4 is 5.78 Å². The molecule has 76 valence electrons. The second-order valence-electron chi connectivity index (χ2n) is 4.03. The number of carbonyl (C=O) groups excluding carboxylic acids is 1. The molecule has 1 aromatic carbocycles. The Hall–Kier alpha value is -1.57. The lowest BCUT2D eigenvalue weighted by Gasteiger charge is -2.28. The van der Waals surface area contributed by atoms with Gasteiger partial charge in [0, 0.05) is 6.42 Å². The summed E-state index contributed by atoms with van der Waals surface area (Å²) in [4.78, 5) is 12.0. The molecule has 0 spiro atoms. The van der Waals surface area contributed by atoms with Gasteiger partial charge in [-0.2, -0.15) is 0 Å². The van der Waals surface area contributed by atoms with E-state index >= 15 is 0 Å². The molecule has 2 heteroatoms. The molecular weight excluding hydrogens is 188 g/mol. The second kappa shape index (κ2) is 3.23. The lowest BCUT2D eigenvalue weighted by Crippen LogP contribution is -2.26. The van der Waals surface area contributed by atoms with Crippen LogP contribution in [0.1, 0.15) is 23.5 Å². The lowest BCUT2D eigenvalue weighted by atomic mass is 9.75. The number of fused-ring (bicyclic) bond motifs is 1. The van der Waals surface area contributed by atoms with Gasteiger partial charge >= 0.3 is 0 Å². The maximum absolute atomic E-state index is 12.0. The SMILES string of the molecule is O=C(C1=CCCO1)C1Cc2ccccc21. The van der Waals surface area contributed by atoms with Crippen LogP contribution in [-0.4, -0.2) is 12.4 Å². The van der Waals surface area contributed by atoms with Crippen LogP contribution in [0.3, 0.4) is 0 Å². The monoisotopic (exact) mass is 200 g/mol. The molecule has 0 saturated carbocycles. The van der Waals surface area contributed by atoms with E-state index < -0.39 is 0 Å². The molecule has 3 rings (SSSR count). The standard InChI is InChI=1S/C13H12O2/c14-13(12-6-3-7-15-12)11-8-9-4-1-2-5-10(9)11/h1-2,4-6,11H,3,7-8H2. The van der Waals surface area contributed by atoms with Crippen molar-refractivity contribution in [2.24, 2.45) is 0 Å². The average molecular weight is 200 g/mol. The van der Waals surface area contributed by atoms with Gasteiger partial charge in [-0.15, -0.1) is 0 Å². The first-order valence-electron chi connectivity index (χ1n) is 5.31. The molecule has 2 aliphatic rings. The number of allylic oxidation sites excluding steroid dienone is 1. The van der Waals surface area contributed by atoms with E-state index in [1.54, 1.807) is 0 Å². The molecular formula is C13H12O2. The minimum atomic E-state index is 0.0468. The van der Waals surface area contributed by atoms with Crippen LogP contribution in [0.2, 0.25) is 0 Å². The van der Waals surface area contributed by atoms with Crippen molar-refractivity contribution in [2.45, 2.75) is 18.8 Å². The minimum absolute atomic E-state index is 0.0468. The molecule has 15 heavy (non-hydrogen) atoms. The predicted molar refractivity (Wildman–Crippen MR) is 56.5 cm³/mol. The van der Waals surface area contributed by atoms with Gasteiger partial charge in [0.2, 0.25) is 5.78 Å². The van der Waals surface area contributed by atoms with E-state index in [0.29, 0.717) is 12.4 Å². The summed E-state index contributed by atoms with van der Waals surface area (Å²) in [6.45, 7) is 0.662. The van der Waals surface area contributed by atoms with Crippen molar-refractivity contribution < 1.29 is 9.53 Å². The van der Waals surface area contributed by atoms with Gasteiger partial charge in [0.15, 0.2) is 5.76 Å². The van der Waals surface area contributed by atoms with Crippen molar-refractivity contribution in [1.29, 1.82) is 0 Å². The zero-order chi connectivity index (χ0) is 10.3. The molecule has 1 aliphatic heterocycles. The molecule has 1 aliphatic carbocycles. The highest BCUT2D eigenvalue weighted by atomic mass is 16.5. The summed E-state index contributed by atoms with van der Waals surface area (Å²) in [6, 6.07) is 8.13. The fraction of sp³-hybridized carbons (Fsp3) is 0.308. The number of rotatable bonds is 2. The van der Waals surface area contributed by atoms with Crippen LogP contribution in [0.15, 0.2) is 36.1 Å². The Labute approximate surface area is 88.6 Å². The van der Waals surface area contributed by atoms with Crippen LogP contribution in [0.25, 0.3) is 0 Å². The molecule has 0 saturated heterocycles. The van der Waals surface area contributed by atoms with Crippen molar-refractivity contribution in [1.82, 2.24) is 0 Å². The van der Waals surface area contributed by atoms with Crippen molar-refractivity contribution in [3.05, 3.63) is 47.2 Å². The quantitative estimate of drug-likeness (QED) is 0.731. The molecule has 0 aromatic heterocycles. The molecule has 0 fully saturated rings. The number of ketones is 1. The van der Waals surface area contributed by atoms with Gasteiger partial charge in [0.1, 0.15) is 0 Å². The normalized spacial score (nSPS) is 22.4. The highest BCUT2D eigenvalue weighted by Gasteiger charge is 2.34. The summed E-state index contributed by atoms with van der Waals surface area (Å²) in [7, 11) is 0. The maximum atomic E-state index is 12.0. The Morgan fingerprint density at radius 2 is 2.20 bits per heavy atom. The first-order chi connectivity index (χ1) is 7.36. The molecule has 0 bridgehead atoms. The van der Waals surface area contributed by atoms with Gasteiger partial charge in [0.05, 0.1) is 12.5 Å². The summed E-state index contributed by atoms with van der Waals surface area (Å²) in [5.41, 5.74) is 2.48. The van der Waals surface area contributed by atoms with Gasteiger partial charge in [-0.1, -0.05) is 24.3 Å². The molecule has 0 amide bonds. The highest BCUT2D eigenvalue weighted by molar-refractivity contribution is 6.00. The minimum Gasteiger partial charge on any atom is -0.490 e. The predicted octanol–water partition coefficient (Wildman–Crippen LogP) is 2.20. The molecule has 0 N–H and O–H groups in total. The molecule has 1 unspecified atom stereocenters. The fourth-order valence-corrected chi connectivity index (χ4v) is 2.25. The number of benzene rings is 1. The lowest BCUT2D eigenvalue weighted by molar-refractivity contribution is -0.120. The molecule has 2 nitrogen and oxygen atoms in total. The third-order valence-corrected chi connectivity index (χ3v) is 3.12. The van der Waals surface area contributed by atoms with Crippen LogP contribution >= 0.6 is 0 Å². The maximum Gasteiger partial charge on any atom is 0.204 e. The number of hydrogen-bond acceptors (Lipinski definition) is 2. The summed E-state index contributed by atoms with van der Waals surface area (Å²) in [5.74, 6) is 0.784. The van der Waals surface area contributed by atoms with E-state index in [4.69, 9.17) is 4.74 Å². The Balaban J connectivity index is 1.84. The fourth-order valence-electron chi connectivity index (χ4n) is 2.25. The summed E-state index contributed by atoms with van der Waals surface area (Å²) in [5, 5.41) is 0. The van der Waals surface area contributed by atoms with Gasteiger partial charge in [-0.25, -0.2) is 0 Å². The zero-order valence-electron chi connectivity index (χ0n) is 8.40. The van der Waals surface area contributed by atoms with Crippen LogP contribution in [0, 0.1) is 0 Å².